The summed E-state index contributed by atoms with van der Waals surface area (Å²) < 4.78 is 5.10. The summed E-state index contributed by atoms with van der Waals surface area (Å²) >= 11 is 5.86. The molecule has 5 heteroatoms. The summed E-state index contributed by atoms with van der Waals surface area (Å²) in [6.45, 7) is 2.52. The molecule has 0 radical (unpaired) electrons. The van der Waals surface area contributed by atoms with Gasteiger partial charge in [0.25, 0.3) is 0 Å². The lowest BCUT2D eigenvalue weighted by molar-refractivity contribution is 0.414. The Kier molecular flexibility index (Phi) is 3.99. The first-order valence-corrected chi connectivity index (χ1v) is 5.93. The van der Waals surface area contributed by atoms with E-state index < -0.39 is 0 Å². The van der Waals surface area contributed by atoms with Crippen molar-refractivity contribution in [3.63, 3.8) is 0 Å². The van der Waals surface area contributed by atoms with Crippen LogP contribution in [0.5, 0.6) is 5.75 Å². The zero-order valence-electron chi connectivity index (χ0n) is 10.3. The van der Waals surface area contributed by atoms with E-state index in [0.717, 1.165) is 17.0 Å². The molecule has 0 saturated carbocycles. The van der Waals surface area contributed by atoms with Crippen LogP contribution in [0.4, 0.5) is 5.95 Å². The molecule has 94 valence electrons. The summed E-state index contributed by atoms with van der Waals surface area (Å²) in [5, 5.41) is 3.58. The molecule has 18 heavy (non-hydrogen) atoms. The SMILES string of the molecule is COc1ccc(CNc2nc(C)cc(Cl)n2)cc1. The topological polar surface area (TPSA) is 47.0 Å². The van der Waals surface area contributed by atoms with Crippen molar-refractivity contribution in [2.24, 2.45) is 0 Å². The van der Waals surface area contributed by atoms with Crippen LogP contribution in [0.25, 0.3) is 0 Å². The standard InChI is InChI=1S/C13H14ClN3O/c1-9-7-12(14)17-13(16-9)15-8-10-3-5-11(18-2)6-4-10/h3-7H,8H2,1-2H3,(H,15,16,17). The lowest BCUT2D eigenvalue weighted by Crippen LogP contribution is -2.04. The van der Waals surface area contributed by atoms with E-state index in [1.54, 1.807) is 13.2 Å². The fourth-order valence-electron chi connectivity index (χ4n) is 1.53. The predicted molar refractivity (Wildman–Crippen MR) is 72.1 cm³/mol. The Morgan fingerprint density at radius 2 is 1.94 bits per heavy atom. The quantitative estimate of drug-likeness (QED) is 0.862. The molecule has 0 atom stereocenters. The first-order chi connectivity index (χ1) is 8.67. The van der Waals surface area contributed by atoms with Gasteiger partial charge in [0.05, 0.1) is 7.11 Å². The van der Waals surface area contributed by atoms with Crippen molar-refractivity contribution in [1.82, 2.24) is 9.97 Å². The van der Waals surface area contributed by atoms with Crippen LogP contribution in [0.2, 0.25) is 5.15 Å². The van der Waals surface area contributed by atoms with Gasteiger partial charge in [0.2, 0.25) is 5.95 Å². The normalized spacial score (nSPS) is 10.2. The summed E-state index contributed by atoms with van der Waals surface area (Å²) in [5.41, 5.74) is 1.96. The molecule has 1 N–H and O–H groups in total. The van der Waals surface area contributed by atoms with Gasteiger partial charge in [-0.1, -0.05) is 23.7 Å². The minimum Gasteiger partial charge on any atom is -0.497 e. The van der Waals surface area contributed by atoms with Crippen LogP contribution in [0.1, 0.15) is 11.3 Å². The second-order valence-corrected chi connectivity index (χ2v) is 4.24. The third-order valence-corrected chi connectivity index (χ3v) is 2.63. The molecule has 0 amide bonds. The van der Waals surface area contributed by atoms with Crippen molar-refractivity contribution in [2.45, 2.75) is 13.5 Å². The van der Waals surface area contributed by atoms with Crippen molar-refractivity contribution in [3.8, 4) is 5.75 Å². The van der Waals surface area contributed by atoms with Gasteiger partial charge in [0.15, 0.2) is 0 Å². The number of hydrogen-bond donors (Lipinski definition) is 1. The van der Waals surface area contributed by atoms with Gasteiger partial charge in [-0.2, -0.15) is 0 Å². The maximum absolute atomic E-state index is 5.86. The van der Waals surface area contributed by atoms with Crippen molar-refractivity contribution < 1.29 is 4.74 Å². The molecule has 0 bridgehead atoms. The molecule has 2 rings (SSSR count). The maximum atomic E-state index is 5.86. The van der Waals surface area contributed by atoms with Crippen molar-refractivity contribution >= 4 is 17.5 Å². The van der Waals surface area contributed by atoms with E-state index in [0.29, 0.717) is 17.6 Å². The Balaban J connectivity index is 2.01. The van der Waals surface area contributed by atoms with Gasteiger partial charge < -0.3 is 10.1 Å². The van der Waals surface area contributed by atoms with Crippen LogP contribution in [0.3, 0.4) is 0 Å². The monoisotopic (exact) mass is 263 g/mol. The number of halogens is 1. The van der Waals surface area contributed by atoms with Gasteiger partial charge in [-0.3, -0.25) is 0 Å². The Morgan fingerprint density at radius 3 is 2.56 bits per heavy atom. The van der Waals surface area contributed by atoms with Crippen LogP contribution < -0.4 is 10.1 Å². The van der Waals surface area contributed by atoms with E-state index in [1.807, 2.05) is 31.2 Å². The molecule has 0 fully saturated rings. The molecular weight excluding hydrogens is 250 g/mol. The number of nitrogens with zero attached hydrogens (tertiary/aromatic N) is 2. The zero-order valence-corrected chi connectivity index (χ0v) is 11.0. The van der Waals surface area contributed by atoms with Crippen molar-refractivity contribution in [3.05, 3.63) is 46.7 Å². The summed E-state index contributed by atoms with van der Waals surface area (Å²) in [6.07, 6.45) is 0. The molecule has 0 aliphatic heterocycles. The molecule has 4 nitrogen and oxygen atoms in total. The second-order valence-electron chi connectivity index (χ2n) is 3.86. The molecule has 1 heterocycles. The van der Waals surface area contributed by atoms with Gasteiger partial charge >= 0.3 is 0 Å². The minimum atomic E-state index is 0.444. The highest BCUT2D eigenvalue weighted by molar-refractivity contribution is 6.29. The highest BCUT2D eigenvalue weighted by Crippen LogP contribution is 2.13. The molecule has 0 aliphatic carbocycles. The number of aromatic nitrogens is 2. The molecule has 2 aromatic rings. The van der Waals surface area contributed by atoms with Gasteiger partial charge in [0, 0.05) is 12.2 Å². The molecule has 0 saturated heterocycles. The van der Waals surface area contributed by atoms with Gasteiger partial charge in [-0.05, 0) is 30.7 Å². The third-order valence-electron chi connectivity index (χ3n) is 2.43. The van der Waals surface area contributed by atoms with E-state index in [4.69, 9.17) is 16.3 Å². The second kappa shape index (κ2) is 5.69. The highest BCUT2D eigenvalue weighted by Gasteiger charge is 2.00. The summed E-state index contributed by atoms with van der Waals surface area (Å²) in [4.78, 5) is 8.35. The van der Waals surface area contributed by atoms with E-state index in [9.17, 15) is 0 Å². The fraction of sp³-hybridized carbons (Fsp3) is 0.231. The Bertz CT molecular complexity index is 508. The van der Waals surface area contributed by atoms with E-state index >= 15 is 0 Å². The molecular formula is C13H14ClN3O. The molecule has 1 aromatic carbocycles. The van der Waals surface area contributed by atoms with Gasteiger partial charge in [-0.15, -0.1) is 0 Å². The third kappa shape index (κ3) is 3.34. The average Bonchev–Trinajstić information content (AvgIpc) is 2.36. The Hall–Kier alpha value is -1.81. The molecule has 0 spiro atoms. The predicted octanol–water partition coefficient (Wildman–Crippen LogP) is 3.06. The molecule has 0 unspecified atom stereocenters. The minimum absolute atomic E-state index is 0.444. The number of methoxy groups -OCH3 is 1. The fourth-order valence-corrected chi connectivity index (χ4v) is 1.77. The first-order valence-electron chi connectivity index (χ1n) is 5.55. The van der Waals surface area contributed by atoms with Crippen molar-refractivity contribution in [2.75, 3.05) is 12.4 Å². The lowest BCUT2D eigenvalue weighted by atomic mass is 10.2. The van der Waals surface area contributed by atoms with Gasteiger partial charge in [0.1, 0.15) is 10.9 Å². The van der Waals surface area contributed by atoms with E-state index in [2.05, 4.69) is 15.3 Å². The van der Waals surface area contributed by atoms with Crippen LogP contribution in [0, 0.1) is 6.92 Å². The molecule has 1 aromatic heterocycles. The largest absolute Gasteiger partial charge is 0.497 e. The zero-order chi connectivity index (χ0) is 13.0. The summed E-state index contributed by atoms with van der Waals surface area (Å²) in [5.74, 6) is 1.38. The van der Waals surface area contributed by atoms with Crippen molar-refractivity contribution in [1.29, 1.82) is 0 Å². The van der Waals surface area contributed by atoms with Crippen LogP contribution in [-0.4, -0.2) is 17.1 Å². The number of benzene rings is 1. The lowest BCUT2D eigenvalue weighted by Gasteiger charge is -2.06. The summed E-state index contributed by atoms with van der Waals surface area (Å²) in [6, 6.07) is 9.54. The number of nitrogens with one attached hydrogen (secondary N) is 1. The molecule has 0 aliphatic rings. The number of hydrogen-bond acceptors (Lipinski definition) is 4. The smallest absolute Gasteiger partial charge is 0.224 e. The van der Waals surface area contributed by atoms with Crippen LogP contribution in [-0.2, 0) is 6.54 Å². The number of rotatable bonds is 4. The number of anilines is 1. The van der Waals surface area contributed by atoms with E-state index in [-0.39, 0.29) is 0 Å². The van der Waals surface area contributed by atoms with E-state index in [1.165, 1.54) is 0 Å². The number of aryl methyl sites for hydroxylation is 1. The summed E-state index contributed by atoms with van der Waals surface area (Å²) in [7, 11) is 1.65. The highest BCUT2D eigenvalue weighted by atomic mass is 35.5. The first kappa shape index (κ1) is 12.6. The van der Waals surface area contributed by atoms with Crippen LogP contribution >= 0.6 is 11.6 Å². The van der Waals surface area contributed by atoms with Crippen LogP contribution in [0.15, 0.2) is 30.3 Å². The Morgan fingerprint density at radius 1 is 1.22 bits per heavy atom. The Labute approximate surface area is 111 Å². The number of ether oxygens (including phenoxy) is 1. The van der Waals surface area contributed by atoms with Gasteiger partial charge in [-0.25, -0.2) is 9.97 Å². The maximum Gasteiger partial charge on any atom is 0.224 e. The average molecular weight is 264 g/mol.